The van der Waals surface area contributed by atoms with Gasteiger partial charge in [-0.2, -0.15) is 5.10 Å². The van der Waals surface area contributed by atoms with E-state index in [0.29, 0.717) is 22.6 Å². The van der Waals surface area contributed by atoms with Crippen molar-refractivity contribution >= 4 is 28.2 Å². The van der Waals surface area contributed by atoms with E-state index >= 15 is 0 Å². The van der Waals surface area contributed by atoms with E-state index in [1.165, 1.54) is 11.3 Å². The van der Waals surface area contributed by atoms with Crippen molar-refractivity contribution in [2.24, 2.45) is 0 Å². The minimum atomic E-state index is -0.204. The molecular formula is C23H23N7O2S. The Morgan fingerprint density at radius 1 is 1.09 bits per heavy atom. The van der Waals surface area contributed by atoms with Crippen molar-refractivity contribution in [3.05, 3.63) is 72.7 Å². The fourth-order valence-electron chi connectivity index (χ4n) is 3.66. The van der Waals surface area contributed by atoms with E-state index in [-0.39, 0.29) is 19.9 Å². The number of amides is 1. The molecule has 1 aliphatic heterocycles. The first kappa shape index (κ1) is 21.0. The van der Waals surface area contributed by atoms with Crippen molar-refractivity contribution < 1.29 is 11.0 Å². The van der Waals surface area contributed by atoms with Crippen molar-refractivity contribution in [2.45, 2.75) is 18.9 Å². The summed E-state index contributed by atoms with van der Waals surface area (Å²) < 4.78 is 5.96. The molecule has 1 atom stereocenters. The van der Waals surface area contributed by atoms with Gasteiger partial charge in [-0.05, 0) is 46.7 Å². The number of aromatic nitrogens is 5. The monoisotopic (exact) mass is 461 g/mol. The van der Waals surface area contributed by atoms with Crippen molar-refractivity contribution in [1.82, 2.24) is 25.4 Å². The summed E-state index contributed by atoms with van der Waals surface area (Å²) in [6.07, 6.45) is 4.34. The fourth-order valence-corrected chi connectivity index (χ4v) is 4.34. The highest BCUT2D eigenvalue weighted by Gasteiger charge is 2.26. The van der Waals surface area contributed by atoms with Crippen molar-refractivity contribution in [1.29, 1.82) is 0 Å². The van der Waals surface area contributed by atoms with Crippen LogP contribution >= 0.6 is 11.3 Å². The fraction of sp³-hybridized carbons (Fsp3) is 0.217. The number of nitrogens with zero attached hydrogens (tertiary/aromatic N) is 6. The van der Waals surface area contributed by atoms with Crippen LogP contribution < -0.4 is 15.0 Å². The Balaban J connectivity index is 0.00000274. The Kier molecular flexibility index (Phi) is 6.16. The Morgan fingerprint density at radius 2 is 2.00 bits per heavy atom. The number of carbonyl (C=O) groups excluding carboxylic acids is 1. The highest BCUT2D eigenvalue weighted by atomic mass is 32.1. The number of carbonyl (C=O) groups is 1. The molecule has 0 aliphatic carbocycles. The van der Waals surface area contributed by atoms with Gasteiger partial charge in [0.25, 0.3) is 5.19 Å². The van der Waals surface area contributed by atoms with Crippen LogP contribution in [0.1, 0.15) is 13.5 Å². The highest BCUT2D eigenvalue weighted by molar-refractivity contribution is 7.17. The Hall–Kier alpha value is -3.92. The molecule has 4 aromatic rings. The third-order valence-electron chi connectivity index (χ3n) is 5.21. The number of pyridine rings is 1. The average Bonchev–Trinajstić information content (AvgIpc) is 3.50. The first-order valence-corrected chi connectivity index (χ1v) is 11.4. The molecule has 1 fully saturated rings. The molecule has 1 N–H and O–H groups in total. The van der Waals surface area contributed by atoms with E-state index < -0.39 is 0 Å². The zero-order valence-electron chi connectivity index (χ0n) is 17.7. The lowest BCUT2D eigenvalue weighted by Gasteiger charge is -2.16. The summed E-state index contributed by atoms with van der Waals surface area (Å²) >= 11 is 1.21. The molecule has 1 aromatic carbocycles. The van der Waals surface area contributed by atoms with Gasteiger partial charge in [0.15, 0.2) is 5.82 Å². The number of anilines is 2. The molecule has 0 spiro atoms. The third kappa shape index (κ3) is 5.29. The predicted octanol–water partition coefficient (Wildman–Crippen LogP) is 3.48. The van der Waals surface area contributed by atoms with Crippen LogP contribution in [-0.4, -0.2) is 50.5 Å². The molecule has 9 nitrogen and oxygen atoms in total. The lowest BCUT2D eigenvalue weighted by Crippen LogP contribution is -2.25. The van der Waals surface area contributed by atoms with Gasteiger partial charge in [0, 0.05) is 26.8 Å². The van der Waals surface area contributed by atoms with Crippen molar-refractivity contribution in [3.63, 3.8) is 0 Å². The second-order valence-electron chi connectivity index (χ2n) is 7.56. The molecule has 4 heterocycles. The minimum absolute atomic E-state index is 0. The zero-order chi connectivity index (χ0) is 22.5. The standard InChI is InChI=1S/C23H21N7O2S.H2/c31-21(14-18-13-17(8-11-24-18)16-5-2-1-3-6-16)26-22-28-29-23(33-22)32-19-9-12-30(15-19)20-7-4-10-25-27-20;/h1-8,10-11,13,19H,9,12,14-15H2,(H,26,28,31);1H/t19-;/m1./s1. The number of hydrogen-bond acceptors (Lipinski definition) is 9. The third-order valence-corrected chi connectivity index (χ3v) is 5.94. The van der Waals surface area contributed by atoms with Crippen LogP contribution in [0.15, 0.2) is 67.0 Å². The molecule has 1 aliphatic rings. The largest absolute Gasteiger partial charge is 0.464 e. The second-order valence-corrected chi connectivity index (χ2v) is 8.50. The molecule has 168 valence electrons. The summed E-state index contributed by atoms with van der Waals surface area (Å²) in [5, 5.41) is 19.8. The van der Waals surface area contributed by atoms with Gasteiger partial charge in [0.2, 0.25) is 11.0 Å². The van der Waals surface area contributed by atoms with E-state index in [0.717, 1.165) is 29.9 Å². The van der Waals surface area contributed by atoms with Gasteiger partial charge in [-0.1, -0.05) is 35.4 Å². The first-order chi connectivity index (χ1) is 16.2. The lowest BCUT2D eigenvalue weighted by molar-refractivity contribution is -0.115. The van der Waals surface area contributed by atoms with Crippen LogP contribution in [0.4, 0.5) is 10.9 Å². The molecule has 1 saturated heterocycles. The van der Waals surface area contributed by atoms with Gasteiger partial charge in [0.05, 0.1) is 18.7 Å². The Morgan fingerprint density at radius 3 is 2.85 bits per heavy atom. The van der Waals surface area contributed by atoms with Gasteiger partial charge in [-0.3, -0.25) is 9.78 Å². The summed E-state index contributed by atoms with van der Waals surface area (Å²) in [7, 11) is 0. The Bertz CT molecular complexity index is 1230. The summed E-state index contributed by atoms with van der Waals surface area (Å²) in [6.45, 7) is 1.53. The van der Waals surface area contributed by atoms with E-state index in [9.17, 15) is 4.79 Å². The van der Waals surface area contributed by atoms with Gasteiger partial charge >= 0.3 is 0 Å². The van der Waals surface area contributed by atoms with E-state index in [4.69, 9.17) is 4.74 Å². The number of nitrogens with one attached hydrogen (secondary N) is 1. The molecule has 0 bridgehead atoms. The van der Waals surface area contributed by atoms with Crippen LogP contribution in [0, 0.1) is 0 Å². The molecule has 0 unspecified atom stereocenters. The van der Waals surface area contributed by atoms with Crippen molar-refractivity contribution in [2.75, 3.05) is 23.3 Å². The van der Waals surface area contributed by atoms with Crippen LogP contribution in [0.25, 0.3) is 11.1 Å². The second kappa shape index (κ2) is 9.70. The van der Waals surface area contributed by atoms with Crippen LogP contribution in [0.5, 0.6) is 5.19 Å². The topological polar surface area (TPSA) is 106 Å². The average molecular weight is 462 g/mol. The summed E-state index contributed by atoms with van der Waals surface area (Å²) in [6, 6.07) is 17.6. The van der Waals surface area contributed by atoms with Gasteiger partial charge < -0.3 is 15.0 Å². The Labute approximate surface area is 196 Å². The SMILES string of the molecule is O=C(Cc1cc(-c2ccccc2)ccn1)Nc1nnc(O[C@@H]2CCN(c3cccnn3)C2)s1.[HH]. The molecule has 0 saturated carbocycles. The molecule has 3 aromatic heterocycles. The molecule has 10 heteroatoms. The van der Waals surface area contributed by atoms with Gasteiger partial charge in [-0.25, -0.2) is 0 Å². The quantitative estimate of drug-likeness (QED) is 0.446. The molecular weight excluding hydrogens is 438 g/mol. The number of hydrogen-bond donors (Lipinski definition) is 1. The maximum Gasteiger partial charge on any atom is 0.296 e. The lowest BCUT2D eigenvalue weighted by atomic mass is 10.1. The van der Waals surface area contributed by atoms with E-state index in [1.54, 1.807) is 12.4 Å². The van der Waals surface area contributed by atoms with Crippen LogP contribution in [0.3, 0.4) is 0 Å². The maximum absolute atomic E-state index is 12.5. The number of rotatable bonds is 7. The van der Waals surface area contributed by atoms with Gasteiger partial charge in [0.1, 0.15) is 6.10 Å². The van der Waals surface area contributed by atoms with Gasteiger partial charge in [-0.15, -0.1) is 10.2 Å². The molecule has 0 radical (unpaired) electrons. The van der Waals surface area contributed by atoms with Crippen LogP contribution in [-0.2, 0) is 11.2 Å². The van der Waals surface area contributed by atoms with Crippen LogP contribution in [0.2, 0.25) is 0 Å². The van der Waals surface area contributed by atoms with E-state index in [2.05, 4.69) is 35.6 Å². The maximum atomic E-state index is 12.5. The summed E-state index contributed by atoms with van der Waals surface area (Å²) in [4.78, 5) is 19.0. The normalized spacial score (nSPS) is 15.4. The molecule has 1 amide bonds. The van der Waals surface area contributed by atoms with E-state index in [1.807, 2.05) is 54.6 Å². The number of benzene rings is 1. The molecule has 5 rings (SSSR count). The zero-order valence-corrected chi connectivity index (χ0v) is 18.5. The minimum Gasteiger partial charge on any atom is -0.464 e. The number of ether oxygens (including phenoxy) is 1. The smallest absolute Gasteiger partial charge is 0.296 e. The van der Waals surface area contributed by atoms with Crippen molar-refractivity contribution in [3.8, 4) is 16.3 Å². The molecule has 33 heavy (non-hydrogen) atoms. The summed E-state index contributed by atoms with van der Waals surface area (Å²) in [5.41, 5.74) is 2.79. The summed E-state index contributed by atoms with van der Waals surface area (Å²) in [5.74, 6) is 0.629. The highest BCUT2D eigenvalue weighted by Crippen LogP contribution is 2.27. The first-order valence-electron chi connectivity index (χ1n) is 10.6. The predicted molar refractivity (Wildman–Crippen MR) is 127 cm³/mol.